The molecule has 5 heteroatoms. The van der Waals surface area contributed by atoms with E-state index >= 15 is 0 Å². The molecule has 2 N–H and O–H groups in total. The van der Waals surface area contributed by atoms with Crippen LogP contribution in [0.3, 0.4) is 0 Å². The number of rotatable bonds is 4. The first-order valence-electron chi connectivity index (χ1n) is 7.99. The van der Waals surface area contributed by atoms with Crippen LogP contribution in [-0.4, -0.2) is 45.8 Å². The summed E-state index contributed by atoms with van der Waals surface area (Å²) in [5.41, 5.74) is 1.74. The number of aromatic amines is 1. The maximum atomic E-state index is 12.4. The number of nitrogens with zero attached hydrogens (tertiary/aromatic N) is 2. The number of amides is 1. The molecule has 1 heterocycles. The van der Waals surface area contributed by atoms with Crippen molar-refractivity contribution >= 4 is 16.8 Å². The Balaban J connectivity index is 1.63. The molecule has 1 amide bonds. The number of hydrogen-bond acceptors (Lipinski definition) is 3. The van der Waals surface area contributed by atoms with E-state index in [2.05, 4.69) is 10.2 Å². The molecule has 22 heavy (non-hydrogen) atoms. The first-order chi connectivity index (χ1) is 10.6. The summed E-state index contributed by atoms with van der Waals surface area (Å²) in [6.45, 7) is 0.631. The first-order valence-corrected chi connectivity index (χ1v) is 7.99. The lowest BCUT2D eigenvalue weighted by Gasteiger charge is -2.31. The summed E-state index contributed by atoms with van der Waals surface area (Å²) in [5.74, 6) is 0.272. The lowest BCUT2D eigenvalue weighted by atomic mass is 9.86. The third-order valence-electron chi connectivity index (χ3n) is 4.67. The number of hydrogen-bond donors (Lipinski definition) is 2. The van der Waals surface area contributed by atoms with Gasteiger partial charge in [0.1, 0.15) is 0 Å². The summed E-state index contributed by atoms with van der Waals surface area (Å²) in [6, 6.07) is 7.80. The van der Waals surface area contributed by atoms with Crippen molar-refractivity contribution in [3.8, 4) is 0 Å². The van der Waals surface area contributed by atoms with Gasteiger partial charge in [-0.2, -0.15) is 5.10 Å². The summed E-state index contributed by atoms with van der Waals surface area (Å²) in [6.07, 6.45) is 4.16. The van der Waals surface area contributed by atoms with Crippen molar-refractivity contribution in [2.75, 3.05) is 13.6 Å². The molecule has 2 unspecified atom stereocenters. The van der Waals surface area contributed by atoms with Crippen LogP contribution in [0.1, 0.15) is 31.4 Å². The van der Waals surface area contributed by atoms with E-state index in [-0.39, 0.29) is 17.9 Å². The maximum Gasteiger partial charge on any atom is 0.228 e. The topological polar surface area (TPSA) is 69.2 Å². The molecule has 1 saturated carbocycles. The van der Waals surface area contributed by atoms with E-state index in [4.69, 9.17) is 0 Å². The van der Waals surface area contributed by atoms with Gasteiger partial charge in [0.25, 0.3) is 0 Å². The first kappa shape index (κ1) is 15.0. The highest BCUT2D eigenvalue weighted by molar-refractivity contribution is 5.87. The monoisotopic (exact) mass is 301 g/mol. The SMILES string of the molecule is CN(CC1CCCCC1O)C(=O)Cc1[nH]nc2ccccc12. The molecule has 0 saturated heterocycles. The molecule has 3 rings (SSSR count). The van der Waals surface area contributed by atoms with Gasteiger partial charge in [0.05, 0.1) is 23.7 Å². The number of aliphatic hydroxyl groups is 1. The van der Waals surface area contributed by atoms with Crippen molar-refractivity contribution in [1.82, 2.24) is 15.1 Å². The minimum atomic E-state index is -0.267. The van der Waals surface area contributed by atoms with Crippen molar-refractivity contribution < 1.29 is 9.90 Å². The molecule has 0 spiro atoms. The fourth-order valence-corrected chi connectivity index (χ4v) is 3.29. The predicted molar refractivity (Wildman–Crippen MR) is 85.4 cm³/mol. The molecular formula is C17H23N3O2. The van der Waals surface area contributed by atoms with Gasteiger partial charge in [-0.05, 0) is 18.9 Å². The van der Waals surface area contributed by atoms with Crippen LogP contribution in [0.15, 0.2) is 24.3 Å². The molecule has 1 fully saturated rings. The Bertz CT molecular complexity index is 652. The van der Waals surface area contributed by atoms with Crippen LogP contribution >= 0.6 is 0 Å². The van der Waals surface area contributed by atoms with Crippen LogP contribution in [0.2, 0.25) is 0 Å². The number of para-hydroxylation sites is 1. The van der Waals surface area contributed by atoms with E-state index in [0.29, 0.717) is 13.0 Å². The number of fused-ring (bicyclic) bond motifs is 1. The van der Waals surface area contributed by atoms with Gasteiger partial charge in [0, 0.05) is 24.9 Å². The van der Waals surface area contributed by atoms with Crippen molar-refractivity contribution in [3.63, 3.8) is 0 Å². The van der Waals surface area contributed by atoms with E-state index in [1.807, 2.05) is 31.3 Å². The fraction of sp³-hybridized carbons (Fsp3) is 0.529. The van der Waals surface area contributed by atoms with Gasteiger partial charge in [0.2, 0.25) is 5.91 Å². The molecule has 5 nitrogen and oxygen atoms in total. The Morgan fingerprint density at radius 1 is 1.36 bits per heavy atom. The van der Waals surface area contributed by atoms with E-state index in [1.54, 1.807) is 4.90 Å². The molecule has 1 aromatic heterocycles. The van der Waals surface area contributed by atoms with Crippen molar-refractivity contribution in [1.29, 1.82) is 0 Å². The normalized spacial score (nSPS) is 21.9. The Kier molecular flexibility index (Phi) is 4.43. The standard InChI is InChI=1S/C17H23N3O2/c1-20(11-12-6-2-5-9-16(12)21)17(22)10-15-13-7-3-4-8-14(13)18-19-15/h3-4,7-8,12,16,21H,2,5-6,9-11H2,1H3,(H,18,19). The zero-order valence-corrected chi connectivity index (χ0v) is 13.0. The molecular weight excluding hydrogens is 278 g/mol. The fourth-order valence-electron chi connectivity index (χ4n) is 3.29. The van der Waals surface area contributed by atoms with Gasteiger partial charge >= 0.3 is 0 Å². The van der Waals surface area contributed by atoms with Crippen molar-refractivity contribution in [3.05, 3.63) is 30.0 Å². The molecule has 2 atom stereocenters. The molecule has 2 aromatic rings. The summed E-state index contributed by atoms with van der Waals surface area (Å²) in [7, 11) is 1.82. The molecule has 1 aliphatic rings. The average molecular weight is 301 g/mol. The van der Waals surface area contributed by atoms with E-state index in [1.165, 1.54) is 0 Å². The van der Waals surface area contributed by atoms with Crippen LogP contribution in [0.5, 0.6) is 0 Å². The third kappa shape index (κ3) is 3.14. The third-order valence-corrected chi connectivity index (χ3v) is 4.67. The number of nitrogens with one attached hydrogen (secondary N) is 1. The van der Waals surface area contributed by atoms with Gasteiger partial charge in [0.15, 0.2) is 0 Å². The number of benzene rings is 1. The average Bonchev–Trinajstić information content (AvgIpc) is 2.93. The number of H-pyrrole nitrogens is 1. The van der Waals surface area contributed by atoms with E-state index < -0.39 is 0 Å². The van der Waals surface area contributed by atoms with E-state index in [0.717, 1.165) is 42.3 Å². The second kappa shape index (κ2) is 6.48. The number of carbonyl (C=O) groups is 1. The lowest BCUT2D eigenvalue weighted by Crippen LogP contribution is -2.38. The minimum Gasteiger partial charge on any atom is -0.393 e. The molecule has 1 aliphatic carbocycles. The minimum absolute atomic E-state index is 0.0622. The Labute approximate surface area is 130 Å². The number of carbonyl (C=O) groups excluding carboxylic acids is 1. The highest BCUT2D eigenvalue weighted by Gasteiger charge is 2.25. The zero-order valence-electron chi connectivity index (χ0n) is 13.0. The molecule has 118 valence electrons. The largest absolute Gasteiger partial charge is 0.393 e. The quantitative estimate of drug-likeness (QED) is 0.909. The van der Waals surface area contributed by atoms with Crippen LogP contribution in [0.25, 0.3) is 10.9 Å². The maximum absolute atomic E-state index is 12.4. The number of aliphatic hydroxyl groups excluding tert-OH is 1. The van der Waals surface area contributed by atoms with Crippen LogP contribution in [0, 0.1) is 5.92 Å². The zero-order chi connectivity index (χ0) is 15.5. The summed E-state index contributed by atoms with van der Waals surface area (Å²) >= 11 is 0. The van der Waals surface area contributed by atoms with Gasteiger partial charge in [-0.3, -0.25) is 9.89 Å². The lowest BCUT2D eigenvalue weighted by molar-refractivity contribution is -0.130. The van der Waals surface area contributed by atoms with Crippen molar-refractivity contribution in [2.24, 2.45) is 5.92 Å². The Morgan fingerprint density at radius 3 is 2.95 bits per heavy atom. The van der Waals surface area contributed by atoms with Gasteiger partial charge in [-0.25, -0.2) is 0 Å². The molecule has 0 radical (unpaired) electrons. The van der Waals surface area contributed by atoms with Gasteiger partial charge in [-0.1, -0.05) is 31.0 Å². The van der Waals surface area contributed by atoms with Gasteiger partial charge in [-0.15, -0.1) is 0 Å². The molecule has 1 aromatic carbocycles. The Hall–Kier alpha value is -1.88. The smallest absolute Gasteiger partial charge is 0.228 e. The molecule has 0 aliphatic heterocycles. The highest BCUT2D eigenvalue weighted by Crippen LogP contribution is 2.25. The Morgan fingerprint density at radius 2 is 2.14 bits per heavy atom. The molecule has 0 bridgehead atoms. The van der Waals surface area contributed by atoms with E-state index in [9.17, 15) is 9.90 Å². The van der Waals surface area contributed by atoms with Crippen LogP contribution in [-0.2, 0) is 11.2 Å². The summed E-state index contributed by atoms with van der Waals surface area (Å²) in [5, 5.41) is 18.2. The number of aromatic nitrogens is 2. The highest BCUT2D eigenvalue weighted by atomic mass is 16.3. The summed E-state index contributed by atoms with van der Waals surface area (Å²) in [4.78, 5) is 14.2. The van der Waals surface area contributed by atoms with Crippen molar-refractivity contribution in [2.45, 2.75) is 38.2 Å². The van der Waals surface area contributed by atoms with Gasteiger partial charge < -0.3 is 10.0 Å². The van der Waals surface area contributed by atoms with Crippen LogP contribution in [0.4, 0.5) is 0 Å². The second-order valence-corrected chi connectivity index (χ2v) is 6.28. The van der Waals surface area contributed by atoms with Crippen LogP contribution < -0.4 is 0 Å². The number of likely N-dealkylation sites (N-methyl/N-ethyl adjacent to an activating group) is 1. The second-order valence-electron chi connectivity index (χ2n) is 6.28. The summed E-state index contributed by atoms with van der Waals surface area (Å²) < 4.78 is 0. The predicted octanol–water partition coefficient (Wildman–Crippen LogP) is 2.11.